The number of Topliss-reactive ketones (excluding diaryl/α,β-unsaturated/α-hetero) is 1. The van der Waals surface area contributed by atoms with Crippen LogP contribution in [0, 0.1) is 13.8 Å². The number of hydrogen-bond acceptors (Lipinski definition) is 6. The molecular formula is C25H26N4O3. The molecule has 0 saturated carbocycles. The van der Waals surface area contributed by atoms with Gasteiger partial charge < -0.3 is 14.8 Å². The Kier molecular flexibility index (Phi) is 4.96. The summed E-state index contributed by atoms with van der Waals surface area (Å²) in [7, 11) is 3.26. The fraction of sp³-hybridized carbons (Fsp3) is 0.320. The summed E-state index contributed by atoms with van der Waals surface area (Å²) in [5.41, 5.74) is 5.82. The van der Waals surface area contributed by atoms with E-state index in [1.54, 1.807) is 14.2 Å². The van der Waals surface area contributed by atoms with Crippen LogP contribution in [0.1, 0.15) is 42.0 Å². The van der Waals surface area contributed by atoms with E-state index in [-0.39, 0.29) is 5.78 Å². The fourth-order valence-corrected chi connectivity index (χ4v) is 4.50. The minimum atomic E-state index is -0.438. The summed E-state index contributed by atoms with van der Waals surface area (Å²) < 4.78 is 13.0. The second-order valence-electron chi connectivity index (χ2n) is 8.31. The highest BCUT2D eigenvalue weighted by molar-refractivity contribution is 5.99. The van der Waals surface area contributed by atoms with Crippen LogP contribution in [-0.4, -0.2) is 34.8 Å². The minimum absolute atomic E-state index is 0.127. The molecule has 1 aromatic heterocycles. The standard InChI is InChI=1S/C25H26N4O3/c1-14-8-9-16(12-15(14)2)24-27-25-26-19-6-5-7-20(30)22(19)23(29(25)28-24)18-13-17(31-3)10-11-21(18)32-4/h8-13,23H,5-7H2,1-4H3,(H,26,27,28). The van der Waals surface area contributed by atoms with E-state index in [4.69, 9.17) is 19.6 Å². The van der Waals surface area contributed by atoms with Gasteiger partial charge in [-0.15, -0.1) is 5.10 Å². The Bertz CT molecular complexity index is 1260. The van der Waals surface area contributed by atoms with Crippen molar-refractivity contribution in [2.45, 2.75) is 39.2 Å². The first-order valence-corrected chi connectivity index (χ1v) is 10.8. The second-order valence-corrected chi connectivity index (χ2v) is 8.31. The summed E-state index contributed by atoms with van der Waals surface area (Å²) in [5, 5.41) is 8.25. The lowest BCUT2D eigenvalue weighted by molar-refractivity contribution is -0.116. The Morgan fingerprint density at radius 3 is 2.62 bits per heavy atom. The molecule has 1 atom stereocenters. The molecule has 2 aliphatic rings. The number of rotatable bonds is 4. The van der Waals surface area contributed by atoms with Gasteiger partial charge in [-0.2, -0.15) is 4.98 Å². The fourth-order valence-electron chi connectivity index (χ4n) is 4.50. The predicted octanol–water partition coefficient (Wildman–Crippen LogP) is 4.60. The number of carbonyl (C=O) groups is 1. The van der Waals surface area contributed by atoms with Crippen LogP contribution < -0.4 is 14.8 Å². The van der Waals surface area contributed by atoms with E-state index in [1.165, 1.54) is 11.1 Å². The maximum Gasteiger partial charge on any atom is 0.226 e. The molecule has 0 spiro atoms. The number of benzene rings is 2. The Hall–Kier alpha value is -3.61. The molecule has 7 heteroatoms. The summed E-state index contributed by atoms with van der Waals surface area (Å²) in [4.78, 5) is 17.9. The average Bonchev–Trinajstić information content (AvgIpc) is 3.23. The molecule has 32 heavy (non-hydrogen) atoms. The number of ether oxygens (including phenoxy) is 2. The average molecular weight is 431 g/mol. The topological polar surface area (TPSA) is 78.3 Å². The van der Waals surface area contributed by atoms with Crippen LogP contribution in [0.2, 0.25) is 0 Å². The molecule has 1 N–H and O–H groups in total. The quantitative estimate of drug-likeness (QED) is 0.652. The third kappa shape index (κ3) is 3.25. The van der Waals surface area contributed by atoms with Crippen LogP contribution in [-0.2, 0) is 4.79 Å². The summed E-state index contributed by atoms with van der Waals surface area (Å²) in [6, 6.07) is 11.4. The lowest BCUT2D eigenvalue weighted by Gasteiger charge is -2.32. The molecule has 2 aromatic carbocycles. The van der Waals surface area contributed by atoms with Crippen molar-refractivity contribution in [3.8, 4) is 22.9 Å². The number of allylic oxidation sites excluding steroid dienone is 2. The molecule has 3 aromatic rings. The Morgan fingerprint density at radius 2 is 1.88 bits per heavy atom. The first-order chi connectivity index (χ1) is 15.5. The molecule has 0 saturated heterocycles. The molecule has 7 nitrogen and oxygen atoms in total. The van der Waals surface area contributed by atoms with Gasteiger partial charge in [0.1, 0.15) is 17.5 Å². The van der Waals surface area contributed by atoms with Crippen molar-refractivity contribution in [3.63, 3.8) is 0 Å². The number of ketones is 1. The van der Waals surface area contributed by atoms with E-state index in [1.807, 2.05) is 28.9 Å². The number of hydrogen-bond donors (Lipinski definition) is 1. The third-order valence-electron chi connectivity index (χ3n) is 6.36. The van der Waals surface area contributed by atoms with E-state index >= 15 is 0 Å². The molecule has 1 aliphatic carbocycles. The van der Waals surface area contributed by atoms with Gasteiger partial charge in [-0.1, -0.05) is 12.1 Å². The van der Waals surface area contributed by atoms with Gasteiger partial charge in [0, 0.05) is 28.8 Å². The van der Waals surface area contributed by atoms with Gasteiger partial charge in [0.25, 0.3) is 0 Å². The number of carbonyl (C=O) groups excluding carboxylic acids is 1. The first kappa shape index (κ1) is 20.3. The molecule has 1 unspecified atom stereocenters. The van der Waals surface area contributed by atoms with E-state index in [0.29, 0.717) is 29.7 Å². The zero-order valence-corrected chi connectivity index (χ0v) is 18.7. The molecule has 2 heterocycles. The first-order valence-electron chi connectivity index (χ1n) is 10.8. The molecule has 164 valence electrons. The SMILES string of the molecule is COc1ccc(OC)c(C2C3=C(CCCC3=O)Nc3nc(-c4ccc(C)c(C)c4)nn32)c1. The summed E-state index contributed by atoms with van der Waals surface area (Å²) in [6.07, 6.45) is 2.15. The van der Waals surface area contributed by atoms with E-state index < -0.39 is 6.04 Å². The number of methoxy groups -OCH3 is 2. The molecule has 0 bridgehead atoms. The zero-order chi connectivity index (χ0) is 22.4. The molecule has 1 aliphatic heterocycles. The summed E-state index contributed by atoms with van der Waals surface area (Å²) >= 11 is 0. The maximum atomic E-state index is 13.1. The van der Waals surface area contributed by atoms with Crippen LogP contribution in [0.4, 0.5) is 5.95 Å². The normalized spacial score (nSPS) is 17.5. The highest BCUT2D eigenvalue weighted by atomic mass is 16.5. The van der Waals surface area contributed by atoms with Gasteiger partial charge >= 0.3 is 0 Å². The third-order valence-corrected chi connectivity index (χ3v) is 6.36. The monoisotopic (exact) mass is 430 g/mol. The summed E-state index contributed by atoms with van der Waals surface area (Å²) in [6.45, 7) is 4.16. The van der Waals surface area contributed by atoms with Gasteiger partial charge in [-0.25, -0.2) is 4.68 Å². The van der Waals surface area contributed by atoms with Crippen LogP contribution >= 0.6 is 0 Å². The van der Waals surface area contributed by atoms with Crippen LogP contribution in [0.5, 0.6) is 11.5 Å². The van der Waals surface area contributed by atoms with Crippen molar-refractivity contribution >= 4 is 11.7 Å². The largest absolute Gasteiger partial charge is 0.497 e. The molecular weight excluding hydrogens is 404 g/mol. The number of aryl methyl sites for hydroxylation is 2. The zero-order valence-electron chi connectivity index (χ0n) is 18.7. The Morgan fingerprint density at radius 1 is 1.03 bits per heavy atom. The van der Waals surface area contributed by atoms with Crippen LogP contribution in [0.3, 0.4) is 0 Å². The van der Waals surface area contributed by atoms with Gasteiger partial charge in [-0.3, -0.25) is 4.79 Å². The Balaban J connectivity index is 1.71. The number of aromatic nitrogens is 3. The molecule has 0 amide bonds. The number of anilines is 1. The lowest BCUT2D eigenvalue weighted by atomic mass is 9.85. The lowest BCUT2D eigenvalue weighted by Crippen LogP contribution is -2.31. The van der Waals surface area contributed by atoms with Gasteiger partial charge in [-0.05, 0) is 62.1 Å². The van der Waals surface area contributed by atoms with Crippen molar-refractivity contribution < 1.29 is 14.3 Å². The van der Waals surface area contributed by atoms with Gasteiger partial charge in [0.2, 0.25) is 5.95 Å². The van der Waals surface area contributed by atoms with Crippen molar-refractivity contribution in [1.29, 1.82) is 0 Å². The maximum absolute atomic E-state index is 13.1. The highest BCUT2D eigenvalue weighted by Gasteiger charge is 2.38. The smallest absolute Gasteiger partial charge is 0.226 e. The van der Waals surface area contributed by atoms with Crippen molar-refractivity contribution in [1.82, 2.24) is 14.8 Å². The number of fused-ring (bicyclic) bond motifs is 1. The van der Waals surface area contributed by atoms with Crippen LogP contribution in [0.25, 0.3) is 11.4 Å². The van der Waals surface area contributed by atoms with Crippen molar-refractivity contribution in [2.75, 3.05) is 19.5 Å². The van der Waals surface area contributed by atoms with E-state index in [9.17, 15) is 4.79 Å². The Labute approximate surface area is 187 Å². The molecule has 5 rings (SSSR count). The number of nitrogens with zero attached hydrogens (tertiary/aromatic N) is 3. The predicted molar refractivity (Wildman–Crippen MR) is 122 cm³/mol. The summed E-state index contributed by atoms with van der Waals surface area (Å²) in [5.74, 6) is 2.75. The van der Waals surface area contributed by atoms with E-state index in [2.05, 4.69) is 31.3 Å². The van der Waals surface area contributed by atoms with Crippen molar-refractivity contribution in [3.05, 3.63) is 64.4 Å². The van der Waals surface area contributed by atoms with Gasteiger partial charge in [0.15, 0.2) is 11.6 Å². The van der Waals surface area contributed by atoms with Crippen LogP contribution in [0.15, 0.2) is 47.7 Å². The van der Waals surface area contributed by atoms with Gasteiger partial charge in [0.05, 0.1) is 14.2 Å². The second kappa shape index (κ2) is 7.82. The highest BCUT2D eigenvalue weighted by Crippen LogP contribution is 2.44. The van der Waals surface area contributed by atoms with Crippen molar-refractivity contribution in [2.24, 2.45) is 0 Å². The molecule has 0 radical (unpaired) electrons. The minimum Gasteiger partial charge on any atom is -0.497 e. The van der Waals surface area contributed by atoms with E-state index in [0.717, 1.165) is 35.2 Å². The molecule has 0 fully saturated rings. The number of nitrogens with one attached hydrogen (secondary N) is 1.